The molecule has 0 heterocycles. The number of rotatable bonds is 14. The topological polar surface area (TPSA) is 115 Å². The van der Waals surface area contributed by atoms with Gasteiger partial charge in [-0.05, 0) is 59.7 Å². The zero-order chi connectivity index (χ0) is 34.4. The highest BCUT2D eigenvalue weighted by Crippen LogP contribution is 2.27. The van der Waals surface area contributed by atoms with Gasteiger partial charge in [-0.2, -0.15) is 0 Å². The molecule has 0 radical (unpaired) electrons. The number of hydrogen-bond acceptors (Lipinski definition) is 7. The lowest BCUT2D eigenvalue weighted by atomic mass is 10.1. The van der Waals surface area contributed by atoms with Crippen molar-refractivity contribution in [1.82, 2.24) is 5.32 Å². The van der Waals surface area contributed by atoms with Crippen molar-refractivity contribution in [2.45, 2.75) is 11.5 Å². The summed E-state index contributed by atoms with van der Waals surface area (Å²) < 4.78 is 16.4. The molecule has 0 saturated heterocycles. The van der Waals surface area contributed by atoms with Crippen LogP contribution in [0, 0.1) is 0 Å². The van der Waals surface area contributed by atoms with Crippen molar-refractivity contribution in [3.63, 3.8) is 0 Å². The molecule has 3 amide bonds. The van der Waals surface area contributed by atoms with Gasteiger partial charge in [-0.3, -0.25) is 14.4 Å². The summed E-state index contributed by atoms with van der Waals surface area (Å²) in [5.41, 5.74) is 3.25. The molecule has 0 atom stereocenters. The maximum Gasteiger partial charge on any atom is 0.272 e. The van der Waals surface area contributed by atoms with Crippen LogP contribution >= 0.6 is 11.8 Å². The van der Waals surface area contributed by atoms with Crippen LogP contribution < -0.4 is 30.2 Å². The Morgan fingerprint density at radius 1 is 0.673 bits per heavy atom. The fraction of sp³-hybridized carbons (Fsp3) is 0.103. The van der Waals surface area contributed by atoms with Crippen LogP contribution in [0.15, 0.2) is 138 Å². The summed E-state index contributed by atoms with van der Waals surface area (Å²) in [7, 11) is 3.08. The maximum atomic E-state index is 13.6. The van der Waals surface area contributed by atoms with Gasteiger partial charge in [0.2, 0.25) is 5.91 Å². The summed E-state index contributed by atoms with van der Waals surface area (Å²) in [6.07, 6.45) is 1.60. The Labute approximate surface area is 289 Å². The van der Waals surface area contributed by atoms with Crippen LogP contribution in [-0.4, -0.2) is 37.7 Å². The first-order valence-electron chi connectivity index (χ1n) is 15.3. The predicted octanol–water partition coefficient (Wildman–Crippen LogP) is 7.42. The molecule has 5 aromatic rings. The molecule has 0 aliphatic heterocycles. The van der Waals surface area contributed by atoms with Crippen molar-refractivity contribution in [2.24, 2.45) is 0 Å². The van der Waals surface area contributed by atoms with Crippen molar-refractivity contribution in [3.05, 3.63) is 150 Å². The molecule has 0 aromatic heterocycles. The van der Waals surface area contributed by atoms with Crippen LogP contribution in [0.4, 0.5) is 11.4 Å². The second-order valence-electron chi connectivity index (χ2n) is 10.6. The fourth-order valence-corrected chi connectivity index (χ4v) is 5.35. The molecular formula is C39H35N3O6S. The summed E-state index contributed by atoms with van der Waals surface area (Å²) in [5, 5.41) is 8.48. The molecule has 5 rings (SSSR count). The van der Waals surface area contributed by atoms with Gasteiger partial charge in [0.25, 0.3) is 11.8 Å². The van der Waals surface area contributed by atoms with Gasteiger partial charge in [0, 0.05) is 40.0 Å². The van der Waals surface area contributed by atoms with E-state index in [1.54, 1.807) is 81.0 Å². The first kappa shape index (κ1) is 34.3. The number of amides is 3. The van der Waals surface area contributed by atoms with Crippen molar-refractivity contribution in [3.8, 4) is 17.2 Å². The Balaban J connectivity index is 1.25. The third kappa shape index (κ3) is 10.5. The number of carbonyl (C=O) groups excluding carboxylic acids is 3. The lowest BCUT2D eigenvalue weighted by Crippen LogP contribution is -2.30. The van der Waals surface area contributed by atoms with Gasteiger partial charge in [0.15, 0.2) is 0 Å². The minimum Gasteiger partial charge on any atom is -0.497 e. The van der Waals surface area contributed by atoms with Crippen LogP contribution in [-0.2, 0) is 16.2 Å². The quantitative estimate of drug-likeness (QED) is 0.0830. The molecule has 10 heteroatoms. The van der Waals surface area contributed by atoms with Crippen LogP contribution in [0.2, 0.25) is 0 Å². The van der Waals surface area contributed by atoms with E-state index in [2.05, 4.69) is 16.0 Å². The average molecular weight is 674 g/mol. The molecule has 49 heavy (non-hydrogen) atoms. The van der Waals surface area contributed by atoms with Crippen molar-refractivity contribution < 1.29 is 28.6 Å². The monoisotopic (exact) mass is 673 g/mol. The predicted molar refractivity (Wildman–Crippen MR) is 193 cm³/mol. The number of benzene rings is 5. The molecule has 0 fully saturated rings. The zero-order valence-electron chi connectivity index (χ0n) is 27.0. The van der Waals surface area contributed by atoms with Gasteiger partial charge in [0.05, 0.1) is 20.0 Å². The lowest BCUT2D eigenvalue weighted by Gasteiger charge is -2.13. The van der Waals surface area contributed by atoms with E-state index in [1.165, 1.54) is 11.8 Å². The summed E-state index contributed by atoms with van der Waals surface area (Å²) in [6, 6.07) is 38.0. The van der Waals surface area contributed by atoms with Crippen LogP contribution in [0.5, 0.6) is 17.2 Å². The van der Waals surface area contributed by atoms with Gasteiger partial charge < -0.3 is 30.2 Å². The number of methoxy groups -OCH3 is 2. The van der Waals surface area contributed by atoms with Crippen LogP contribution in [0.1, 0.15) is 21.5 Å². The van der Waals surface area contributed by atoms with Crippen LogP contribution in [0.25, 0.3) is 6.08 Å². The molecule has 5 aromatic carbocycles. The summed E-state index contributed by atoms with van der Waals surface area (Å²) in [4.78, 5) is 40.1. The molecule has 0 unspecified atom stereocenters. The standard InChI is InChI=1S/C39H35N3O6S/c1-46-33-21-31(22-34(24-33)47-2)40-37(43)26-49-35-15-9-14-30(23-35)41-39(45)36(42-38(44)29-12-7-4-8-13-29)20-27-16-18-32(19-17-27)48-25-28-10-5-3-6-11-28/h3-24H,25-26H2,1-2H3,(H,40,43)(H,41,45)(H,42,44)/b36-20+. The van der Waals surface area contributed by atoms with Gasteiger partial charge in [0.1, 0.15) is 29.6 Å². The molecule has 9 nitrogen and oxygen atoms in total. The van der Waals surface area contributed by atoms with E-state index in [-0.39, 0.29) is 17.4 Å². The second-order valence-corrected chi connectivity index (χ2v) is 11.7. The fourth-order valence-electron chi connectivity index (χ4n) is 4.60. The summed E-state index contributed by atoms with van der Waals surface area (Å²) in [6.45, 7) is 0.427. The number of carbonyl (C=O) groups is 3. The summed E-state index contributed by atoms with van der Waals surface area (Å²) >= 11 is 1.31. The molecule has 0 bridgehead atoms. The second kappa shape index (κ2) is 17.2. The Hall–Kier alpha value is -6.00. The normalized spacial score (nSPS) is 10.9. The molecule has 0 saturated carbocycles. The lowest BCUT2D eigenvalue weighted by molar-refractivity contribution is -0.114. The van der Waals surface area contributed by atoms with E-state index in [0.717, 1.165) is 10.5 Å². The van der Waals surface area contributed by atoms with Crippen molar-refractivity contribution >= 4 is 46.9 Å². The van der Waals surface area contributed by atoms with E-state index >= 15 is 0 Å². The van der Waals surface area contributed by atoms with Crippen molar-refractivity contribution in [1.29, 1.82) is 0 Å². The first-order valence-corrected chi connectivity index (χ1v) is 16.3. The molecule has 0 aliphatic carbocycles. The van der Waals surface area contributed by atoms with Gasteiger partial charge >= 0.3 is 0 Å². The molecule has 0 spiro atoms. The van der Waals surface area contributed by atoms with E-state index in [1.807, 2.05) is 66.7 Å². The highest BCUT2D eigenvalue weighted by atomic mass is 32.2. The third-order valence-electron chi connectivity index (χ3n) is 7.07. The minimum atomic E-state index is -0.513. The average Bonchev–Trinajstić information content (AvgIpc) is 3.14. The highest BCUT2D eigenvalue weighted by molar-refractivity contribution is 8.00. The largest absolute Gasteiger partial charge is 0.497 e. The molecule has 0 aliphatic rings. The van der Waals surface area contributed by atoms with Gasteiger partial charge in [-0.15, -0.1) is 11.8 Å². The zero-order valence-corrected chi connectivity index (χ0v) is 27.8. The highest BCUT2D eigenvalue weighted by Gasteiger charge is 2.16. The maximum absolute atomic E-state index is 13.6. The number of thioether (sulfide) groups is 1. The SMILES string of the molecule is COc1cc(NC(=O)CSc2cccc(NC(=O)/C(=C\c3ccc(OCc4ccccc4)cc3)NC(=O)c3ccccc3)c2)cc(OC)c1. The Bertz CT molecular complexity index is 1890. The van der Waals surface area contributed by atoms with Crippen LogP contribution in [0.3, 0.4) is 0 Å². The van der Waals surface area contributed by atoms with E-state index < -0.39 is 11.8 Å². The molecule has 3 N–H and O–H groups in total. The number of hydrogen-bond donors (Lipinski definition) is 3. The summed E-state index contributed by atoms with van der Waals surface area (Å²) in [5.74, 6) is 0.759. The molecular weight excluding hydrogens is 639 g/mol. The number of ether oxygens (including phenoxy) is 3. The smallest absolute Gasteiger partial charge is 0.272 e. The van der Waals surface area contributed by atoms with E-state index in [4.69, 9.17) is 14.2 Å². The van der Waals surface area contributed by atoms with E-state index in [9.17, 15) is 14.4 Å². The Morgan fingerprint density at radius 2 is 1.35 bits per heavy atom. The Kier molecular flexibility index (Phi) is 12.1. The first-order chi connectivity index (χ1) is 23.9. The van der Waals surface area contributed by atoms with E-state index in [0.29, 0.717) is 46.4 Å². The minimum absolute atomic E-state index is 0.0537. The van der Waals surface area contributed by atoms with Gasteiger partial charge in [-0.25, -0.2) is 0 Å². The van der Waals surface area contributed by atoms with Gasteiger partial charge in [-0.1, -0.05) is 66.7 Å². The number of anilines is 2. The number of nitrogens with one attached hydrogen (secondary N) is 3. The molecule has 248 valence electrons. The third-order valence-corrected chi connectivity index (χ3v) is 8.06. The Morgan fingerprint density at radius 3 is 2.02 bits per heavy atom. The van der Waals surface area contributed by atoms with Crippen molar-refractivity contribution in [2.75, 3.05) is 30.6 Å².